The number of hydrogen-bond acceptors (Lipinski definition) is 3. The van der Waals surface area contributed by atoms with Crippen molar-refractivity contribution in [2.75, 3.05) is 4.72 Å². The van der Waals surface area contributed by atoms with Crippen molar-refractivity contribution in [2.24, 2.45) is 12.8 Å². The van der Waals surface area contributed by atoms with Crippen LogP contribution in [-0.2, 0) is 23.6 Å². The third kappa shape index (κ3) is 2.86. The zero-order chi connectivity index (χ0) is 14.9. The molecule has 0 unspecified atom stereocenters. The van der Waals surface area contributed by atoms with Crippen LogP contribution < -0.4 is 10.5 Å². The first-order valence-electron chi connectivity index (χ1n) is 6.29. The van der Waals surface area contributed by atoms with Crippen LogP contribution >= 0.6 is 0 Å². The van der Waals surface area contributed by atoms with Gasteiger partial charge in [-0.1, -0.05) is 12.1 Å². The van der Waals surface area contributed by atoms with E-state index < -0.39 is 10.0 Å². The highest BCUT2D eigenvalue weighted by Crippen LogP contribution is 2.22. The Morgan fingerprint density at radius 3 is 2.55 bits per heavy atom. The maximum absolute atomic E-state index is 12.4. The summed E-state index contributed by atoms with van der Waals surface area (Å²) >= 11 is 0. The van der Waals surface area contributed by atoms with E-state index in [9.17, 15) is 8.42 Å². The van der Waals surface area contributed by atoms with Gasteiger partial charge in [-0.05, 0) is 37.1 Å². The summed E-state index contributed by atoms with van der Waals surface area (Å²) in [6.45, 7) is 4.09. The first-order valence-corrected chi connectivity index (χ1v) is 7.77. The highest BCUT2D eigenvalue weighted by atomic mass is 32.2. The van der Waals surface area contributed by atoms with Crippen LogP contribution in [-0.4, -0.2) is 13.0 Å². The minimum Gasteiger partial charge on any atom is -0.352 e. The van der Waals surface area contributed by atoms with E-state index in [4.69, 9.17) is 5.73 Å². The number of nitrogens with two attached hydrogens (primary N) is 1. The predicted octanol–water partition coefficient (Wildman–Crippen LogP) is 1.90. The first-order chi connectivity index (χ1) is 9.33. The third-order valence-corrected chi connectivity index (χ3v) is 4.57. The largest absolute Gasteiger partial charge is 0.352 e. The van der Waals surface area contributed by atoms with Gasteiger partial charge in [-0.2, -0.15) is 0 Å². The van der Waals surface area contributed by atoms with E-state index in [1.807, 2.05) is 32.0 Å². The van der Waals surface area contributed by atoms with E-state index in [1.165, 1.54) is 0 Å². The summed E-state index contributed by atoms with van der Waals surface area (Å²) in [5, 5.41) is 0. The number of rotatable bonds is 4. The maximum atomic E-state index is 12.4. The van der Waals surface area contributed by atoms with Crippen molar-refractivity contribution in [1.82, 2.24) is 4.57 Å². The van der Waals surface area contributed by atoms with Gasteiger partial charge in [-0.25, -0.2) is 8.42 Å². The Hall–Kier alpha value is -1.79. The Labute approximate surface area is 119 Å². The second kappa shape index (κ2) is 5.30. The predicted molar refractivity (Wildman–Crippen MR) is 80.0 cm³/mol. The summed E-state index contributed by atoms with van der Waals surface area (Å²) in [5.74, 6) is 0. The second-order valence-corrected chi connectivity index (χ2v) is 6.59. The molecule has 0 saturated carbocycles. The molecular formula is C14H19N3O2S. The quantitative estimate of drug-likeness (QED) is 0.904. The molecule has 0 fully saturated rings. The number of nitrogens with one attached hydrogen (secondary N) is 1. The molecule has 0 aliphatic carbocycles. The number of sulfonamides is 1. The lowest BCUT2D eigenvalue weighted by atomic mass is 10.1. The van der Waals surface area contributed by atoms with Gasteiger partial charge >= 0.3 is 0 Å². The number of aromatic nitrogens is 1. The molecule has 0 atom stereocenters. The molecule has 0 bridgehead atoms. The van der Waals surface area contributed by atoms with Gasteiger partial charge in [0.2, 0.25) is 0 Å². The summed E-state index contributed by atoms with van der Waals surface area (Å²) in [6, 6.07) is 7.25. The number of benzene rings is 1. The van der Waals surface area contributed by atoms with Gasteiger partial charge in [0, 0.05) is 25.5 Å². The van der Waals surface area contributed by atoms with E-state index in [1.54, 1.807) is 23.9 Å². The molecule has 2 rings (SSSR count). The van der Waals surface area contributed by atoms with Crippen LogP contribution in [0.25, 0.3) is 0 Å². The van der Waals surface area contributed by atoms with E-state index in [0.29, 0.717) is 12.2 Å². The highest BCUT2D eigenvalue weighted by molar-refractivity contribution is 7.92. The molecule has 0 aliphatic heterocycles. The molecule has 6 heteroatoms. The molecular weight excluding hydrogens is 274 g/mol. The fraction of sp³-hybridized carbons (Fsp3) is 0.286. The van der Waals surface area contributed by atoms with Crippen molar-refractivity contribution in [1.29, 1.82) is 0 Å². The zero-order valence-corrected chi connectivity index (χ0v) is 12.7. The SMILES string of the molecule is Cc1ccc(C)c(NS(=O)(=O)c2cc(CN)n(C)c2)c1. The molecule has 20 heavy (non-hydrogen) atoms. The van der Waals surface area contributed by atoms with Crippen molar-refractivity contribution >= 4 is 15.7 Å². The molecule has 3 N–H and O–H groups in total. The van der Waals surface area contributed by atoms with Crippen LogP contribution in [0.4, 0.5) is 5.69 Å². The normalized spacial score (nSPS) is 11.6. The average Bonchev–Trinajstić information content (AvgIpc) is 2.76. The van der Waals surface area contributed by atoms with E-state index in [-0.39, 0.29) is 4.90 Å². The Bertz CT molecular complexity index is 733. The Morgan fingerprint density at radius 1 is 1.25 bits per heavy atom. The lowest BCUT2D eigenvalue weighted by Gasteiger charge is -2.10. The van der Waals surface area contributed by atoms with Crippen LogP contribution in [0.1, 0.15) is 16.8 Å². The monoisotopic (exact) mass is 293 g/mol. The van der Waals surface area contributed by atoms with E-state index >= 15 is 0 Å². The topological polar surface area (TPSA) is 77.1 Å². The van der Waals surface area contributed by atoms with Crippen LogP contribution in [0, 0.1) is 13.8 Å². The lowest BCUT2D eigenvalue weighted by Crippen LogP contribution is -2.13. The standard InChI is InChI=1S/C14H19N3O2S/c1-10-4-5-11(2)14(6-10)16-20(18,19)13-7-12(8-15)17(3)9-13/h4-7,9,16H,8,15H2,1-3H3. The molecule has 0 saturated heterocycles. The molecule has 1 aromatic heterocycles. The highest BCUT2D eigenvalue weighted by Gasteiger charge is 2.18. The summed E-state index contributed by atoms with van der Waals surface area (Å²) in [7, 11) is -1.81. The van der Waals surface area contributed by atoms with E-state index in [2.05, 4.69) is 4.72 Å². The van der Waals surface area contributed by atoms with Crippen molar-refractivity contribution in [3.05, 3.63) is 47.3 Å². The minimum atomic E-state index is -3.59. The van der Waals surface area contributed by atoms with Crippen LogP contribution in [0.15, 0.2) is 35.4 Å². The Morgan fingerprint density at radius 2 is 1.95 bits per heavy atom. The number of nitrogens with zero attached hydrogens (tertiary/aromatic N) is 1. The van der Waals surface area contributed by atoms with Gasteiger partial charge in [-0.15, -0.1) is 0 Å². The van der Waals surface area contributed by atoms with Crippen molar-refractivity contribution in [3.8, 4) is 0 Å². The maximum Gasteiger partial charge on any atom is 0.263 e. The minimum absolute atomic E-state index is 0.223. The fourth-order valence-corrected chi connectivity index (χ4v) is 3.19. The van der Waals surface area contributed by atoms with Crippen LogP contribution in [0.3, 0.4) is 0 Å². The number of anilines is 1. The smallest absolute Gasteiger partial charge is 0.263 e. The third-order valence-electron chi connectivity index (χ3n) is 3.24. The molecule has 1 aromatic carbocycles. The molecule has 1 heterocycles. The van der Waals surface area contributed by atoms with Gasteiger partial charge in [0.15, 0.2) is 0 Å². The molecule has 0 radical (unpaired) electrons. The summed E-state index contributed by atoms with van der Waals surface area (Å²) in [6.07, 6.45) is 1.57. The summed E-state index contributed by atoms with van der Waals surface area (Å²) in [5.41, 5.74) is 8.82. The van der Waals surface area contributed by atoms with Crippen LogP contribution in [0.5, 0.6) is 0 Å². The molecule has 0 spiro atoms. The fourth-order valence-electron chi connectivity index (χ4n) is 1.98. The van der Waals surface area contributed by atoms with Crippen LogP contribution in [0.2, 0.25) is 0 Å². The zero-order valence-electron chi connectivity index (χ0n) is 11.8. The Balaban J connectivity index is 2.37. The number of hydrogen-bond donors (Lipinski definition) is 2. The number of aryl methyl sites for hydroxylation is 3. The molecule has 108 valence electrons. The van der Waals surface area contributed by atoms with Gasteiger partial charge in [0.1, 0.15) is 4.90 Å². The Kier molecular flexibility index (Phi) is 3.87. The van der Waals surface area contributed by atoms with Crippen molar-refractivity contribution in [2.45, 2.75) is 25.3 Å². The second-order valence-electron chi connectivity index (χ2n) is 4.91. The lowest BCUT2D eigenvalue weighted by molar-refractivity contribution is 0.601. The van der Waals surface area contributed by atoms with Crippen molar-refractivity contribution < 1.29 is 8.42 Å². The molecule has 2 aromatic rings. The molecule has 0 aliphatic rings. The molecule has 0 amide bonds. The van der Waals surface area contributed by atoms with E-state index in [0.717, 1.165) is 16.8 Å². The molecule has 5 nitrogen and oxygen atoms in total. The summed E-state index contributed by atoms with van der Waals surface area (Å²) in [4.78, 5) is 0.223. The van der Waals surface area contributed by atoms with Gasteiger partial charge < -0.3 is 10.3 Å². The average molecular weight is 293 g/mol. The van der Waals surface area contributed by atoms with Gasteiger partial charge in [0.25, 0.3) is 10.0 Å². The first kappa shape index (κ1) is 14.6. The van der Waals surface area contributed by atoms with Gasteiger partial charge in [-0.3, -0.25) is 4.72 Å². The summed E-state index contributed by atoms with van der Waals surface area (Å²) < 4.78 is 29.1. The van der Waals surface area contributed by atoms with Crippen molar-refractivity contribution in [3.63, 3.8) is 0 Å². The van der Waals surface area contributed by atoms with Gasteiger partial charge in [0.05, 0.1) is 5.69 Å².